The van der Waals surface area contributed by atoms with Crippen LogP contribution in [0.1, 0.15) is 60.8 Å². The van der Waals surface area contributed by atoms with Crippen molar-refractivity contribution in [2.75, 3.05) is 13.7 Å². The lowest BCUT2D eigenvalue weighted by Gasteiger charge is -2.09. The number of hydrogen-bond donors (Lipinski definition) is 2. The number of nitrogens with zero attached hydrogens (tertiary/aromatic N) is 2. The fraction of sp³-hybridized carbons (Fsp3) is 0.588. The predicted molar refractivity (Wildman–Crippen MR) is 90.3 cm³/mol. The molecule has 0 spiro atoms. The van der Waals surface area contributed by atoms with Crippen molar-refractivity contribution >= 4 is 11.9 Å². The van der Waals surface area contributed by atoms with Crippen LogP contribution < -0.4 is 11.1 Å². The monoisotopic (exact) mass is 318 g/mol. The summed E-state index contributed by atoms with van der Waals surface area (Å²) in [6.45, 7) is 5.55. The van der Waals surface area contributed by atoms with Gasteiger partial charge in [-0.3, -0.25) is 4.98 Å². The molecule has 3 N–H and O–H groups in total. The summed E-state index contributed by atoms with van der Waals surface area (Å²) in [7, 11) is 1.39. The van der Waals surface area contributed by atoms with Gasteiger partial charge in [0.25, 0.3) is 0 Å². The van der Waals surface area contributed by atoms with Crippen molar-refractivity contribution in [3.63, 3.8) is 0 Å². The second-order valence-electron chi connectivity index (χ2n) is 6.31. The molecule has 0 radical (unpaired) electrons. The molecule has 0 amide bonds. The van der Waals surface area contributed by atoms with Gasteiger partial charge in [0.15, 0.2) is 5.96 Å². The number of carbonyl (C=O) groups excluding carboxylic acids is 1. The SMILES string of the molecule is COC(=O)c1ccc(CN=C(N)NCCC(C)C)nc1C1CC1. The topological polar surface area (TPSA) is 89.6 Å². The second kappa shape index (κ2) is 7.94. The molecule has 1 aromatic heterocycles. The average Bonchev–Trinajstić information content (AvgIpc) is 3.36. The number of methoxy groups -OCH3 is 1. The Morgan fingerprint density at radius 2 is 2.22 bits per heavy atom. The van der Waals surface area contributed by atoms with E-state index in [1.807, 2.05) is 6.07 Å². The summed E-state index contributed by atoms with van der Waals surface area (Å²) >= 11 is 0. The van der Waals surface area contributed by atoms with E-state index in [9.17, 15) is 4.79 Å². The maximum atomic E-state index is 11.8. The van der Waals surface area contributed by atoms with Gasteiger partial charge in [-0.05, 0) is 37.3 Å². The van der Waals surface area contributed by atoms with Crippen LogP contribution in [0.25, 0.3) is 0 Å². The number of rotatable bonds is 7. The number of esters is 1. The van der Waals surface area contributed by atoms with Crippen molar-refractivity contribution < 1.29 is 9.53 Å². The van der Waals surface area contributed by atoms with Gasteiger partial charge in [-0.1, -0.05) is 13.8 Å². The van der Waals surface area contributed by atoms with Crippen LogP contribution in [0.5, 0.6) is 0 Å². The summed E-state index contributed by atoms with van der Waals surface area (Å²) < 4.78 is 4.82. The van der Waals surface area contributed by atoms with E-state index in [1.54, 1.807) is 6.07 Å². The highest BCUT2D eigenvalue weighted by Crippen LogP contribution is 2.40. The first-order valence-electron chi connectivity index (χ1n) is 8.13. The van der Waals surface area contributed by atoms with Crippen molar-refractivity contribution in [1.82, 2.24) is 10.3 Å². The maximum Gasteiger partial charge on any atom is 0.339 e. The minimum Gasteiger partial charge on any atom is -0.465 e. The molecule has 0 bridgehead atoms. The van der Waals surface area contributed by atoms with Crippen LogP contribution in [-0.4, -0.2) is 30.6 Å². The Morgan fingerprint density at radius 3 is 2.83 bits per heavy atom. The number of carbonyl (C=O) groups is 1. The molecule has 0 aliphatic heterocycles. The number of aromatic nitrogens is 1. The Balaban J connectivity index is 2.00. The number of pyridine rings is 1. The van der Waals surface area contributed by atoms with Crippen molar-refractivity contribution in [3.8, 4) is 0 Å². The van der Waals surface area contributed by atoms with Crippen LogP contribution in [0.3, 0.4) is 0 Å². The van der Waals surface area contributed by atoms with Crippen LogP contribution >= 0.6 is 0 Å². The van der Waals surface area contributed by atoms with Gasteiger partial charge < -0.3 is 15.8 Å². The average molecular weight is 318 g/mol. The van der Waals surface area contributed by atoms with E-state index in [-0.39, 0.29) is 5.97 Å². The highest BCUT2D eigenvalue weighted by Gasteiger charge is 2.30. The number of nitrogens with one attached hydrogen (secondary N) is 1. The molecule has 1 aromatic rings. The highest BCUT2D eigenvalue weighted by molar-refractivity contribution is 5.90. The van der Waals surface area contributed by atoms with Crippen LogP contribution in [-0.2, 0) is 11.3 Å². The Hall–Kier alpha value is -2.11. The van der Waals surface area contributed by atoms with E-state index >= 15 is 0 Å². The van der Waals surface area contributed by atoms with Crippen LogP contribution in [0, 0.1) is 5.92 Å². The van der Waals surface area contributed by atoms with Gasteiger partial charge in [-0.15, -0.1) is 0 Å². The lowest BCUT2D eigenvalue weighted by Crippen LogP contribution is -2.32. The molecule has 1 heterocycles. The lowest BCUT2D eigenvalue weighted by atomic mass is 10.1. The van der Waals surface area contributed by atoms with E-state index in [1.165, 1.54) is 7.11 Å². The number of aliphatic imine (C=N–C) groups is 1. The summed E-state index contributed by atoms with van der Waals surface area (Å²) in [5.74, 6) is 1.10. The molecule has 6 nitrogen and oxygen atoms in total. The van der Waals surface area contributed by atoms with Crippen molar-refractivity contribution in [1.29, 1.82) is 0 Å². The molecular weight excluding hydrogens is 292 g/mol. The van der Waals surface area contributed by atoms with E-state index < -0.39 is 0 Å². The minimum absolute atomic E-state index is 0.329. The van der Waals surface area contributed by atoms with Gasteiger partial charge >= 0.3 is 5.97 Å². The first-order valence-corrected chi connectivity index (χ1v) is 8.13. The van der Waals surface area contributed by atoms with E-state index in [0.717, 1.165) is 37.2 Å². The zero-order chi connectivity index (χ0) is 16.8. The van der Waals surface area contributed by atoms with Crippen LogP contribution in [0.4, 0.5) is 0 Å². The van der Waals surface area contributed by atoms with E-state index in [2.05, 4.69) is 29.1 Å². The Labute approximate surface area is 137 Å². The van der Waals surface area contributed by atoms with E-state index in [4.69, 9.17) is 10.5 Å². The molecule has 0 atom stereocenters. The smallest absolute Gasteiger partial charge is 0.339 e. The summed E-state index contributed by atoms with van der Waals surface area (Å²) in [6, 6.07) is 3.59. The van der Waals surface area contributed by atoms with E-state index in [0.29, 0.717) is 29.9 Å². The first-order chi connectivity index (χ1) is 11.0. The predicted octanol–water partition coefficient (Wildman–Crippen LogP) is 2.20. The molecule has 1 fully saturated rings. The molecule has 1 saturated carbocycles. The summed E-state index contributed by atoms with van der Waals surface area (Å²) in [6.07, 6.45) is 3.19. The summed E-state index contributed by atoms with van der Waals surface area (Å²) in [5.41, 5.74) is 8.06. The number of hydrogen-bond acceptors (Lipinski definition) is 4. The Kier molecular flexibility index (Phi) is 5.96. The van der Waals surface area contributed by atoms with Gasteiger partial charge in [0.1, 0.15) is 0 Å². The number of ether oxygens (including phenoxy) is 1. The minimum atomic E-state index is -0.329. The number of nitrogens with two attached hydrogens (primary N) is 1. The molecule has 1 aliphatic carbocycles. The fourth-order valence-corrected chi connectivity index (χ4v) is 2.27. The van der Waals surface area contributed by atoms with Gasteiger partial charge in [0.05, 0.1) is 30.6 Å². The molecule has 2 rings (SSSR count). The first kappa shape index (κ1) is 17.2. The van der Waals surface area contributed by atoms with Crippen molar-refractivity contribution in [3.05, 3.63) is 29.1 Å². The van der Waals surface area contributed by atoms with Crippen LogP contribution in [0.15, 0.2) is 17.1 Å². The zero-order valence-electron chi connectivity index (χ0n) is 14.1. The third kappa shape index (κ3) is 5.23. The molecular formula is C17H26N4O2. The Bertz CT molecular complexity index is 580. The highest BCUT2D eigenvalue weighted by atomic mass is 16.5. The summed E-state index contributed by atoms with van der Waals surface area (Å²) in [5, 5.41) is 3.10. The molecule has 1 aliphatic rings. The zero-order valence-corrected chi connectivity index (χ0v) is 14.1. The third-order valence-corrected chi connectivity index (χ3v) is 3.79. The molecule has 6 heteroatoms. The number of guanidine groups is 1. The maximum absolute atomic E-state index is 11.8. The molecule has 0 saturated heterocycles. The van der Waals surface area contributed by atoms with Crippen molar-refractivity contribution in [2.45, 2.75) is 45.6 Å². The van der Waals surface area contributed by atoms with Gasteiger partial charge in [0, 0.05) is 12.5 Å². The second-order valence-corrected chi connectivity index (χ2v) is 6.31. The van der Waals surface area contributed by atoms with Crippen LogP contribution in [0.2, 0.25) is 0 Å². The van der Waals surface area contributed by atoms with Gasteiger partial charge in [-0.2, -0.15) is 0 Å². The van der Waals surface area contributed by atoms with Gasteiger partial charge in [0.2, 0.25) is 0 Å². The molecule has 126 valence electrons. The third-order valence-electron chi connectivity index (χ3n) is 3.79. The molecule has 0 aromatic carbocycles. The molecule has 23 heavy (non-hydrogen) atoms. The summed E-state index contributed by atoms with van der Waals surface area (Å²) in [4.78, 5) is 20.7. The standard InChI is InChI=1S/C17H26N4O2/c1-11(2)8-9-19-17(18)20-10-13-6-7-14(16(22)23-3)15(21-13)12-4-5-12/h6-7,11-12H,4-5,8-10H2,1-3H3,(H3,18,19,20). The van der Waals surface area contributed by atoms with Gasteiger partial charge in [-0.25, -0.2) is 9.79 Å². The van der Waals surface area contributed by atoms with Crippen molar-refractivity contribution in [2.24, 2.45) is 16.6 Å². The fourth-order valence-electron chi connectivity index (χ4n) is 2.27. The normalized spacial score (nSPS) is 14.9. The molecule has 0 unspecified atom stereocenters. The largest absolute Gasteiger partial charge is 0.465 e. The Morgan fingerprint density at radius 1 is 1.48 bits per heavy atom. The lowest BCUT2D eigenvalue weighted by molar-refractivity contribution is 0.0598. The quantitative estimate of drug-likeness (QED) is 0.457.